The summed E-state index contributed by atoms with van der Waals surface area (Å²) in [6, 6.07) is 4.19. The number of benzene rings is 1. The van der Waals surface area contributed by atoms with E-state index in [9.17, 15) is 18.0 Å². The molecule has 0 unspecified atom stereocenters. The van der Waals surface area contributed by atoms with E-state index in [2.05, 4.69) is 10.1 Å². The Hall–Kier alpha value is -1.56. The van der Waals surface area contributed by atoms with Gasteiger partial charge in [0.25, 0.3) is 0 Å². The fraction of sp³-hybridized carbons (Fsp3) is 0.562. The zero-order valence-corrected chi connectivity index (χ0v) is 12.1. The van der Waals surface area contributed by atoms with Crippen LogP contribution in [0.5, 0.6) is 5.75 Å². The van der Waals surface area contributed by atoms with E-state index in [0.29, 0.717) is 11.5 Å². The highest BCUT2D eigenvalue weighted by atomic mass is 19.4. The van der Waals surface area contributed by atoms with Gasteiger partial charge in [0.2, 0.25) is 0 Å². The maximum absolute atomic E-state index is 12.7. The standard InChI is InChI=1S/C16H18F3NO2/c17-16(18,19)22-12-3-4-13(10-1-2-10)14(9-12)15(21)11-5-7-20-8-6-11/h3-4,9-11,20H,1-2,5-8H2. The molecule has 1 saturated carbocycles. The number of halogens is 3. The molecule has 1 aliphatic heterocycles. The minimum Gasteiger partial charge on any atom is -0.406 e. The second-order valence-corrected chi connectivity index (χ2v) is 5.96. The van der Waals surface area contributed by atoms with Crippen molar-refractivity contribution in [1.29, 1.82) is 0 Å². The van der Waals surface area contributed by atoms with Crippen LogP contribution in [0.25, 0.3) is 0 Å². The van der Waals surface area contributed by atoms with E-state index in [-0.39, 0.29) is 17.5 Å². The molecule has 3 rings (SSSR count). The predicted molar refractivity (Wildman–Crippen MR) is 75.0 cm³/mol. The van der Waals surface area contributed by atoms with E-state index in [1.807, 2.05) is 0 Å². The first-order chi connectivity index (χ1) is 10.4. The summed E-state index contributed by atoms with van der Waals surface area (Å²) in [7, 11) is 0. The molecular formula is C16H18F3NO2. The van der Waals surface area contributed by atoms with Crippen LogP contribution in [0.1, 0.15) is 47.5 Å². The number of hydrogen-bond acceptors (Lipinski definition) is 3. The van der Waals surface area contributed by atoms with Gasteiger partial charge in [-0.05, 0) is 62.4 Å². The fourth-order valence-electron chi connectivity index (χ4n) is 3.00. The average molecular weight is 313 g/mol. The quantitative estimate of drug-likeness (QED) is 0.862. The molecule has 1 N–H and O–H groups in total. The van der Waals surface area contributed by atoms with Crippen molar-refractivity contribution in [1.82, 2.24) is 5.32 Å². The van der Waals surface area contributed by atoms with Crippen molar-refractivity contribution in [2.45, 2.75) is 38.0 Å². The van der Waals surface area contributed by atoms with Crippen LogP contribution in [0.4, 0.5) is 13.2 Å². The van der Waals surface area contributed by atoms with E-state index < -0.39 is 6.36 Å². The lowest BCUT2D eigenvalue weighted by atomic mass is 9.86. The molecule has 1 heterocycles. The van der Waals surface area contributed by atoms with Crippen molar-refractivity contribution >= 4 is 5.78 Å². The molecule has 0 bridgehead atoms. The minimum absolute atomic E-state index is 0.0453. The summed E-state index contributed by atoms with van der Waals surface area (Å²) in [6.45, 7) is 1.54. The van der Waals surface area contributed by atoms with Gasteiger partial charge in [0.05, 0.1) is 0 Å². The Bertz CT molecular complexity index is 561. The van der Waals surface area contributed by atoms with E-state index in [1.165, 1.54) is 12.1 Å². The molecule has 1 aromatic rings. The van der Waals surface area contributed by atoms with Gasteiger partial charge in [0, 0.05) is 11.5 Å². The van der Waals surface area contributed by atoms with Gasteiger partial charge in [0.1, 0.15) is 5.75 Å². The zero-order chi connectivity index (χ0) is 15.7. The lowest BCUT2D eigenvalue weighted by Crippen LogP contribution is -2.32. The van der Waals surface area contributed by atoms with E-state index in [1.54, 1.807) is 6.07 Å². The van der Waals surface area contributed by atoms with Gasteiger partial charge in [-0.2, -0.15) is 0 Å². The number of Topliss-reactive ketones (excluding diaryl/α,β-unsaturated/α-hetero) is 1. The third kappa shape index (κ3) is 3.61. The molecule has 0 aromatic heterocycles. The molecule has 120 valence electrons. The fourth-order valence-corrected chi connectivity index (χ4v) is 3.00. The number of ether oxygens (including phenoxy) is 1. The molecule has 1 aromatic carbocycles. The van der Waals surface area contributed by atoms with Crippen LogP contribution in [0.3, 0.4) is 0 Å². The molecule has 0 atom stereocenters. The summed E-state index contributed by atoms with van der Waals surface area (Å²) < 4.78 is 41.1. The molecular weight excluding hydrogens is 295 g/mol. The molecule has 3 nitrogen and oxygen atoms in total. The highest BCUT2D eigenvalue weighted by Crippen LogP contribution is 2.43. The Kier molecular flexibility index (Phi) is 4.12. The number of carbonyl (C=O) groups excluding carboxylic acids is 1. The third-order valence-corrected chi connectivity index (χ3v) is 4.25. The van der Waals surface area contributed by atoms with Crippen LogP contribution in [0.15, 0.2) is 18.2 Å². The normalized spacial score (nSPS) is 20.0. The van der Waals surface area contributed by atoms with Crippen LogP contribution in [0, 0.1) is 5.92 Å². The van der Waals surface area contributed by atoms with Crippen LogP contribution in [0.2, 0.25) is 0 Å². The number of rotatable bonds is 4. The molecule has 0 radical (unpaired) electrons. The smallest absolute Gasteiger partial charge is 0.406 e. The van der Waals surface area contributed by atoms with Gasteiger partial charge in [-0.25, -0.2) is 0 Å². The molecule has 2 aliphatic rings. The van der Waals surface area contributed by atoms with Crippen molar-refractivity contribution in [2.24, 2.45) is 5.92 Å². The van der Waals surface area contributed by atoms with E-state index in [4.69, 9.17) is 0 Å². The second kappa shape index (κ2) is 5.91. The predicted octanol–water partition coefficient (Wildman–Crippen LogP) is 3.64. The number of carbonyl (C=O) groups is 1. The van der Waals surface area contributed by atoms with Gasteiger partial charge in [-0.1, -0.05) is 6.07 Å². The molecule has 6 heteroatoms. The molecule has 1 aliphatic carbocycles. The average Bonchev–Trinajstić information content (AvgIpc) is 3.30. The monoisotopic (exact) mass is 313 g/mol. The van der Waals surface area contributed by atoms with Crippen LogP contribution >= 0.6 is 0 Å². The van der Waals surface area contributed by atoms with E-state index in [0.717, 1.165) is 44.3 Å². The summed E-state index contributed by atoms with van der Waals surface area (Å²) in [5, 5.41) is 3.19. The first kappa shape index (κ1) is 15.3. The largest absolute Gasteiger partial charge is 0.573 e. The van der Waals surface area contributed by atoms with Crippen LogP contribution < -0.4 is 10.1 Å². The van der Waals surface area contributed by atoms with Gasteiger partial charge in [0.15, 0.2) is 5.78 Å². The van der Waals surface area contributed by atoms with Crippen molar-refractivity contribution in [3.63, 3.8) is 0 Å². The zero-order valence-electron chi connectivity index (χ0n) is 12.1. The van der Waals surface area contributed by atoms with Crippen molar-refractivity contribution in [3.8, 4) is 5.75 Å². The van der Waals surface area contributed by atoms with E-state index >= 15 is 0 Å². The number of ketones is 1. The molecule has 0 spiro atoms. The van der Waals surface area contributed by atoms with Crippen LogP contribution in [-0.4, -0.2) is 25.2 Å². The Morgan fingerprint density at radius 3 is 2.41 bits per heavy atom. The SMILES string of the molecule is O=C(c1cc(OC(F)(F)F)ccc1C1CC1)C1CCNCC1. The van der Waals surface area contributed by atoms with Crippen LogP contribution in [-0.2, 0) is 0 Å². The number of nitrogens with one attached hydrogen (secondary N) is 1. The highest BCUT2D eigenvalue weighted by molar-refractivity contribution is 6.00. The Balaban J connectivity index is 1.88. The molecule has 1 saturated heterocycles. The summed E-state index contributed by atoms with van der Waals surface area (Å²) in [6.07, 6.45) is -1.30. The lowest BCUT2D eigenvalue weighted by molar-refractivity contribution is -0.274. The Morgan fingerprint density at radius 2 is 1.82 bits per heavy atom. The van der Waals surface area contributed by atoms with Crippen molar-refractivity contribution < 1.29 is 22.7 Å². The summed E-state index contributed by atoms with van der Waals surface area (Å²) >= 11 is 0. The maximum Gasteiger partial charge on any atom is 0.573 e. The maximum atomic E-state index is 12.7. The molecule has 0 amide bonds. The summed E-state index contributed by atoms with van der Waals surface area (Å²) in [4.78, 5) is 12.7. The topological polar surface area (TPSA) is 38.3 Å². The Labute approximate surface area is 126 Å². The van der Waals surface area contributed by atoms with Gasteiger partial charge in [-0.3, -0.25) is 4.79 Å². The van der Waals surface area contributed by atoms with Crippen molar-refractivity contribution in [3.05, 3.63) is 29.3 Å². The summed E-state index contributed by atoms with van der Waals surface area (Å²) in [5.41, 5.74) is 1.29. The van der Waals surface area contributed by atoms with Gasteiger partial charge in [-0.15, -0.1) is 13.2 Å². The molecule has 2 fully saturated rings. The number of piperidine rings is 1. The minimum atomic E-state index is -4.74. The summed E-state index contributed by atoms with van der Waals surface area (Å²) in [5.74, 6) is -0.161. The highest BCUT2D eigenvalue weighted by Gasteiger charge is 2.34. The van der Waals surface area contributed by atoms with Gasteiger partial charge >= 0.3 is 6.36 Å². The number of hydrogen-bond donors (Lipinski definition) is 1. The van der Waals surface area contributed by atoms with Gasteiger partial charge < -0.3 is 10.1 Å². The second-order valence-electron chi connectivity index (χ2n) is 5.96. The first-order valence-corrected chi connectivity index (χ1v) is 7.58. The lowest BCUT2D eigenvalue weighted by Gasteiger charge is -2.23. The van der Waals surface area contributed by atoms with Crippen molar-refractivity contribution in [2.75, 3.05) is 13.1 Å². The molecule has 22 heavy (non-hydrogen) atoms. The Morgan fingerprint density at radius 1 is 1.14 bits per heavy atom. The third-order valence-electron chi connectivity index (χ3n) is 4.25. The first-order valence-electron chi connectivity index (χ1n) is 7.58. The number of alkyl halides is 3.